The minimum Gasteiger partial charge on any atom is -0.399 e. The van der Waals surface area contributed by atoms with Crippen LogP contribution in [0, 0.1) is 0 Å². The topological polar surface area (TPSA) is 69.8 Å². The van der Waals surface area contributed by atoms with E-state index in [1.54, 1.807) is 36.2 Å². The Morgan fingerprint density at radius 3 is 2.57 bits per heavy atom. The van der Waals surface area contributed by atoms with Crippen LogP contribution in [0.5, 0.6) is 0 Å². The first-order valence-corrected chi connectivity index (χ1v) is 7.72. The number of nitrogen functional groups attached to an aromatic ring is 1. The van der Waals surface area contributed by atoms with Gasteiger partial charge in [-0.3, -0.25) is 4.79 Å². The lowest BCUT2D eigenvalue weighted by Crippen LogP contribution is -2.29. The molecule has 0 unspecified atom stereocenters. The van der Waals surface area contributed by atoms with Gasteiger partial charge < -0.3 is 20.6 Å². The molecule has 3 rings (SSSR count). The number of hydrogen-bond acceptors (Lipinski definition) is 4. The van der Waals surface area contributed by atoms with E-state index in [9.17, 15) is 9.90 Å². The van der Waals surface area contributed by atoms with Gasteiger partial charge in [-0.05, 0) is 42.8 Å². The van der Waals surface area contributed by atoms with E-state index in [0.29, 0.717) is 17.8 Å². The van der Waals surface area contributed by atoms with Crippen molar-refractivity contribution < 1.29 is 9.90 Å². The summed E-state index contributed by atoms with van der Waals surface area (Å²) in [5.74, 6) is -0.0859. The van der Waals surface area contributed by atoms with Gasteiger partial charge in [-0.15, -0.1) is 0 Å². The molecule has 0 bridgehead atoms. The molecule has 1 heterocycles. The van der Waals surface area contributed by atoms with Gasteiger partial charge in [0, 0.05) is 31.4 Å². The van der Waals surface area contributed by atoms with Crippen molar-refractivity contribution in [3.63, 3.8) is 0 Å². The Bertz CT molecular complexity index is 700. The molecule has 2 aromatic rings. The third-order valence-electron chi connectivity index (χ3n) is 4.21. The molecule has 0 saturated carbocycles. The summed E-state index contributed by atoms with van der Waals surface area (Å²) in [6.07, 6.45) is 0.449. The predicted octanol–water partition coefficient (Wildman–Crippen LogP) is 2.12. The molecule has 1 aliphatic rings. The number of para-hydroxylation sites is 2. The number of amides is 1. The first-order valence-electron chi connectivity index (χ1n) is 7.72. The average molecular weight is 311 g/mol. The maximum atomic E-state index is 12.7. The van der Waals surface area contributed by atoms with Crippen molar-refractivity contribution in [1.29, 1.82) is 0 Å². The van der Waals surface area contributed by atoms with Crippen molar-refractivity contribution in [2.75, 3.05) is 35.7 Å². The molecule has 1 atom stereocenters. The highest BCUT2D eigenvalue weighted by atomic mass is 16.3. The second kappa shape index (κ2) is 6.30. The maximum Gasteiger partial charge on any atom is 0.258 e. The van der Waals surface area contributed by atoms with Crippen LogP contribution in [0.4, 0.5) is 17.1 Å². The van der Waals surface area contributed by atoms with E-state index >= 15 is 0 Å². The van der Waals surface area contributed by atoms with Crippen molar-refractivity contribution >= 4 is 23.0 Å². The van der Waals surface area contributed by atoms with Gasteiger partial charge in [-0.2, -0.15) is 0 Å². The monoisotopic (exact) mass is 311 g/mol. The standard InChI is InChI=1S/C18H21N3O2/c1-20(18(23)13-6-8-14(19)9-7-13)16-4-2-3-5-17(16)21-11-10-15(22)12-21/h2-9,15,22H,10-12,19H2,1H3/t15-/m1/s1. The lowest BCUT2D eigenvalue weighted by molar-refractivity contribution is 0.0993. The predicted molar refractivity (Wildman–Crippen MR) is 92.9 cm³/mol. The number of hydrogen-bond donors (Lipinski definition) is 2. The summed E-state index contributed by atoms with van der Waals surface area (Å²) in [6.45, 7) is 1.39. The first-order chi connectivity index (χ1) is 11.1. The lowest BCUT2D eigenvalue weighted by Gasteiger charge is -2.26. The molecule has 1 aliphatic heterocycles. The third-order valence-corrected chi connectivity index (χ3v) is 4.21. The molecule has 23 heavy (non-hydrogen) atoms. The summed E-state index contributed by atoms with van der Waals surface area (Å²) in [5, 5.41) is 9.77. The Balaban J connectivity index is 1.88. The van der Waals surface area contributed by atoms with Gasteiger partial charge in [-0.1, -0.05) is 12.1 Å². The molecule has 0 aromatic heterocycles. The van der Waals surface area contributed by atoms with Crippen LogP contribution in [-0.4, -0.2) is 37.3 Å². The molecule has 2 aromatic carbocycles. The maximum absolute atomic E-state index is 12.7. The van der Waals surface area contributed by atoms with Crippen LogP contribution >= 0.6 is 0 Å². The fourth-order valence-electron chi connectivity index (χ4n) is 2.90. The summed E-state index contributed by atoms with van der Waals surface area (Å²) < 4.78 is 0. The summed E-state index contributed by atoms with van der Waals surface area (Å²) in [5.41, 5.74) is 8.71. The number of aliphatic hydroxyl groups is 1. The van der Waals surface area contributed by atoms with Crippen molar-refractivity contribution in [3.05, 3.63) is 54.1 Å². The van der Waals surface area contributed by atoms with E-state index in [2.05, 4.69) is 4.90 Å². The van der Waals surface area contributed by atoms with E-state index in [-0.39, 0.29) is 12.0 Å². The molecule has 5 heteroatoms. The van der Waals surface area contributed by atoms with Crippen LogP contribution in [0.2, 0.25) is 0 Å². The van der Waals surface area contributed by atoms with Gasteiger partial charge in [0.1, 0.15) is 0 Å². The number of rotatable bonds is 3. The van der Waals surface area contributed by atoms with E-state index in [4.69, 9.17) is 5.73 Å². The second-order valence-electron chi connectivity index (χ2n) is 5.86. The van der Waals surface area contributed by atoms with Gasteiger partial charge in [0.15, 0.2) is 0 Å². The fourth-order valence-corrected chi connectivity index (χ4v) is 2.90. The highest BCUT2D eigenvalue weighted by molar-refractivity contribution is 6.07. The summed E-state index contributed by atoms with van der Waals surface area (Å²) in [6, 6.07) is 14.7. The van der Waals surface area contributed by atoms with Gasteiger partial charge in [0.2, 0.25) is 0 Å². The zero-order valence-electron chi connectivity index (χ0n) is 13.1. The largest absolute Gasteiger partial charge is 0.399 e. The van der Waals surface area contributed by atoms with Crippen molar-refractivity contribution in [1.82, 2.24) is 0 Å². The zero-order chi connectivity index (χ0) is 16.4. The third kappa shape index (κ3) is 3.14. The SMILES string of the molecule is CN(C(=O)c1ccc(N)cc1)c1ccccc1N1CC[C@@H](O)C1. The highest BCUT2D eigenvalue weighted by Crippen LogP contribution is 2.31. The number of β-amino-alcohol motifs (C(OH)–C–C–N with tert-alkyl or cyclic N) is 1. The first kappa shape index (κ1) is 15.4. The molecular formula is C18H21N3O2. The molecule has 0 aliphatic carbocycles. The molecule has 1 fully saturated rings. The van der Waals surface area contributed by atoms with Crippen molar-refractivity contribution in [2.45, 2.75) is 12.5 Å². The fraction of sp³-hybridized carbons (Fsp3) is 0.278. The molecule has 0 radical (unpaired) electrons. The van der Waals surface area contributed by atoms with Gasteiger partial charge >= 0.3 is 0 Å². The molecule has 1 amide bonds. The van der Waals surface area contributed by atoms with Crippen LogP contribution < -0.4 is 15.5 Å². The Morgan fingerprint density at radius 2 is 1.91 bits per heavy atom. The molecule has 3 N–H and O–H groups in total. The van der Waals surface area contributed by atoms with Gasteiger partial charge in [-0.25, -0.2) is 0 Å². The van der Waals surface area contributed by atoms with Crippen molar-refractivity contribution in [3.8, 4) is 0 Å². The Morgan fingerprint density at radius 1 is 1.22 bits per heavy atom. The van der Waals surface area contributed by atoms with Gasteiger partial charge in [0.05, 0.1) is 17.5 Å². The summed E-state index contributed by atoms with van der Waals surface area (Å²) in [7, 11) is 1.77. The quantitative estimate of drug-likeness (QED) is 0.852. The number of aliphatic hydroxyl groups excluding tert-OH is 1. The molecule has 120 valence electrons. The van der Waals surface area contributed by atoms with Gasteiger partial charge in [0.25, 0.3) is 5.91 Å². The Hall–Kier alpha value is -2.53. The Kier molecular flexibility index (Phi) is 4.21. The number of carbonyl (C=O) groups is 1. The smallest absolute Gasteiger partial charge is 0.258 e. The summed E-state index contributed by atoms with van der Waals surface area (Å²) >= 11 is 0. The number of nitrogens with two attached hydrogens (primary N) is 1. The van der Waals surface area contributed by atoms with E-state index < -0.39 is 0 Å². The number of carbonyl (C=O) groups excluding carboxylic acids is 1. The van der Waals surface area contributed by atoms with E-state index in [1.165, 1.54) is 0 Å². The lowest BCUT2D eigenvalue weighted by atomic mass is 10.1. The number of nitrogens with zero attached hydrogens (tertiary/aromatic N) is 2. The molecule has 0 spiro atoms. The highest BCUT2D eigenvalue weighted by Gasteiger charge is 2.24. The molecular weight excluding hydrogens is 290 g/mol. The Labute approximate surface area is 135 Å². The normalized spacial score (nSPS) is 17.3. The number of benzene rings is 2. The molecule has 5 nitrogen and oxygen atoms in total. The van der Waals surface area contributed by atoms with E-state index in [1.807, 2.05) is 24.3 Å². The van der Waals surface area contributed by atoms with Crippen LogP contribution in [0.25, 0.3) is 0 Å². The summed E-state index contributed by atoms with van der Waals surface area (Å²) in [4.78, 5) is 16.5. The number of anilines is 3. The molecule has 1 saturated heterocycles. The average Bonchev–Trinajstić information content (AvgIpc) is 3.00. The second-order valence-corrected chi connectivity index (χ2v) is 5.86. The van der Waals surface area contributed by atoms with Crippen LogP contribution in [0.1, 0.15) is 16.8 Å². The van der Waals surface area contributed by atoms with E-state index in [0.717, 1.165) is 24.3 Å². The van der Waals surface area contributed by atoms with Crippen LogP contribution in [0.3, 0.4) is 0 Å². The van der Waals surface area contributed by atoms with Crippen LogP contribution in [-0.2, 0) is 0 Å². The van der Waals surface area contributed by atoms with Crippen LogP contribution in [0.15, 0.2) is 48.5 Å². The zero-order valence-corrected chi connectivity index (χ0v) is 13.1. The van der Waals surface area contributed by atoms with Crippen molar-refractivity contribution in [2.24, 2.45) is 0 Å². The minimum absolute atomic E-state index is 0.0859. The minimum atomic E-state index is -0.304.